The maximum Gasteiger partial charge on any atom is 0.242 e. The summed E-state index contributed by atoms with van der Waals surface area (Å²) in [7, 11) is -1.85. The Balaban J connectivity index is 2.64. The smallest absolute Gasteiger partial charge is 0.242 e. The van der Waals surface area contributed by atoms with Gasteiger partial charge in [0.15, 0.2) is 0 Å². The first-order valence-corrected chi connectivity index (χ1v) is 9.58. The van der Waals surface area contributed by atoms with Gasteiger partial charge in [0.05, 0.1) is 3.79 Å². The summed E-state index contributed by atoms with van der Waals surface area (Å²) >= 11 is 4.78. The summed E-state index contributed by atoms with van der Waals surface area (Å²) in [5, 5.41) is 3.26. The summed E-state index contributed by atoms with van der Waals surface area (Å²) in [5.41, 5.74) is 0. The average Bonchev–Trinajstić information content (AvgIpc) is 2.77. The Morgan fingerprint density at radius 2 is 2.15 bits per heavy atom. The van der Waals surface area contributed by atoms with E-state index < -0.39 is 10.0 Å². The molecule has 5 nitrogen and oxygen atoms in total. The van der Waals surface area contributed by atoms with E-state index in [4.69, 9.17) is 4.74 Å². The van der Waals surface area contributed by atoms with Crippen LogP contribution in [0.1, 0.15) is 24.6 Å². The van der Waals surface area contributed by atoms with Crippen molar-refractivity contribution in [3.8, 4) is 0 Å². The number of sulfonamides is 1. The van der Waals surface area contributed by atoms with E-state index in [0.717, 1.165) is 17.8 Å². The summed E-state index contributed by atoms with van der Waals surface area (Å²) in [6, 6.07) is 1.72. The van der Waals surface area contributed by atoms with Crippen LogP contribution in [-0.4, -0.2) is 35.2 Å². The van der Waals surface area contributed by atoms with Gasteiger partial charge >= 0.3 is 0 Å². The van der Waals surface area contributed by atoms with Crippen LogP contribution in [0.2, 0.25) is 0 Å². The molecule has 1 aromatic heterocycles. The first-order chi connectivity index (χ1) is 9.51. The van der Waals surface area contributed by atoms with E-state index in [1.54, 1.807) is 13.2 Å². The van der Waals surface area contributed by atoms with Gasteiger partial charge in [0, 0.05) is 31.7 Å². The van der Waals surface area contributed by atoms with Gasteiger partial charge in [-0.3, -0.25) is 0 Å². The minimum Gasteiger partial charge on any atom is -0.385 e. The number of rotatable bonds is 10. The van der Waals surface area contributed by atoms with E-state index >= 15 is 0 Å². The van der Waals surface area contributed by atoms with Gasteiger partial charge in [-0.2, -0.15) is 0 Å². The molecule has 0 radical (unpaired) electrons. The van der Waals surface area contributed by atoms with Gasteiger partial charge in [-0.1, -0.05) is 6.92 Å². The van der Waals surface area contributed by atoms with Crippen LogP contribution in [0.4, 0.5) is 0 Å². The molecule has 1 aromatic rings. The first kappa shape index (κ1) is 18.1. The van der Waals surface area contributed by atoms with Crippen LogP contribution in [-0.2, 0) is 21.3 Å². The lowest BCUT2D eigenvalue weighted by Gasteiger charge is -2.05. The van der Waals surface area contributed by atoms with Gasteiger partial charge in [-0.25, -0.2) is 13.1 Å². The fourth-order valence-electron chi connectivity index (χ4n) is 1.56. The molecule has 1 heterocycles. The first-order valence-electron chi connectivity index (χ1n) is 6.48. The van der Waals surface area contributed by atoms with E-state index in [-0.39, 0.29) is 0 Å². The zero-order chi connectivity index (χ0) is 15.0. The van der Waals surface area contributed by atoms with Crippen LogP contribution in [0.5, 0.6) is 0 Å². The van der Waals surface area contributed by atoms with E-state index in [0.29, 0.717) is 34.8 Å². The van der Waals surface area contributed by atoms with Crippen molar-refractivity contribution in [2.75, 3.05) is 26.8 Å². The molecule has 116 valence electrons. The number of thiophene rings is 1. The molecule has 0 aliphatic carbocycles. The maximum absolute atomic E-state index is 12.2. The normalized spacial score (nSPS) is 11.9. The van der Waals surface area contributed by atoms with Crippen molar-refractivity contribution in [1.29, 1.82) is 0 Å². The Hall–Kier alpha value is 0.01000. The predicted octanol–water partition coefficient (Wildman–Crippen LogP) is 2.33. The lowest BCUT2D eigenvalue weighted by atomic mass is 10.4. The fraction of sp³-hybridized carbons (Fsp3) is 0.667. The third-order valence-electron chi connectivity index (χ3n) is 2.54. The van der Waals surface area contributed by atoms with Gasteiger partial charge in [0.1, 0.15) is 4.90 Å². The number of methoxy groups -OCH3 is 1. The number of halogens is 1. The summed E-state index contributed by atoms with van der Waals surface area (Å²) in [5.74, 6) is 0. The maximum atomic E-state index is 12.2. The van der Waals surface area contributed by atoms with Crippen LogP contribution < -0.4 is 10.0 Å². The molecule has 0 aromatic carbocycles. The van der Waals surface area contributed by atoms with Crippen LogP contribution >= 0.6 is 27.3 Å². The largest absolute Gasteiger partial charge is 0.385 e. The standard InChI is InChI=1S/C12H21BrN2O3S2/c1-3-5-14-9-10-8-11(12(13)19-10)20(16,17)15-6-4-7-18-2/h8,14-15H,3-7,9H2,1-2H3. The van der Waals surface area contributed by atoms with Crippen molar-refractivity contribution >= 4 is 37.3 Å². The summed E-state index contributed by atoms with van der Waals surface area (Å²) in [4.78, 5) is 1.32. The topological polar surface area (TPSA) is 67.4 Å². The Morgan fingerprint density at radius 1 is 1.40 bits per heavy atom. The van der Waals surface area contributed by atoms with Crippen LogP contribution in [0.25, 0.3) is 0 Å². The molecule has 0 spiro atoms. The third kappa shape index (κ3) is 5.79. The molecular formula is C12H21BrN2O3S2. The molecule has 0 saturated heterocycles. The van der Waals surface area contributed by atoms with Crippen LogP contribution in [0.15, 0.2) is 14.7 Å². The zero-order valence-electron chi connectivity index (χ0n) is 11.7. The highest BCUT2D eigenvalue weighted by atomic mass is 79.9. The molecule has 0 aliphatic heterocycles. The second-order valence-corrected chi connectivity index (χ2v) is 8.46. The molecule has 0 fully saturated rings. The molecule has 20 heavy (non-hydrogen) atoms. The summed E-state index contributed by atoms with van der Waals surface area (Å²) in [6.45, 7) is 4.63. The second-order valence-electron chi connectivity index (χ2n) is 4.27. The zero-order valence-corrected chi connectivity index (χ0v) is 15.0. The predicted molar refractivity (Wildman–Crippen MR) is 85.7 cm³/mol. The Morgan fingerprint density at radius 3 is 2.80 bits per heavy atom. The van der Waals surface area contributed by atoms with Crippen LogP contribution in [0, 0.1) is 0 Å². The summed E-state index contributed by atoms with van der Waals surface area (Å²) < 4.78 is 32.4. The molecule has 0 saturated carbocycles. The quantitative estimate of drug-likeness (QED) is 0.607. The third-order valence-corrected chi connectivity index (χ3v) is 6.25. The molecule has 0 atom stereocenters. The van der Waals surface area contributed by atoms with Crippen molar-refractivity contribution < 1.29 is 13.2 Å². The van der Waals surface area contributed by atoms with Crippen molar-refractivity contribution in [1.82, 2.24) is 10.0 Å². The van der Waals surface area contributed by atoms with Gasteiger partial charge < -0.3 is 10.1 Å². The second kappa shape index (κ2) is 9.11. The fourth-order valence-corrected chi connectivity index (χ4v) is 5.28. The number of hydrogen-bond donors (Lipinski definition) is 2. The van der Waals surface area contributed by atoms with E-state index in [1.165, 1.54) is 11.3 Å². The average molecular weight is 385 g/mol. The SMILES string of the molecule is CCCNCc1cc(S(=O)(=O)NCCCOC)c(Br)s1. The van der Waals surface area contributed by atoms with E-state index in [2.05, 4.69) is 32.9 Å². The lowest BCUT2D eigenvalue weighted by Crippen LogP contribution is -2.25. The number of hydrogen-bond acceptors (Lipinski definition) is 5. The number of nitrogens with one attached hydrogen (secondary N) is 2. The molecular weight excluding hydrogens is 364 g/mol. The molecule has 0 bridgehead atoms. The van der Waals surface area contributed by atoms with Crippen molar-refractivity contribution in [3.63, 3.8) is 0 Å². The Labute approximate surface area is 133 Å². The van der Waals surface area contributed by atoms with Crippen molar-refractivity contribution in [2.45, 2.75) is 31.2 Å². The minimum absolute atomic E-state index is 0.313. The van der Waals surface area contributed by atoms with Crippen LogP contribution in [0.3, 0.4) is 0 Å². The van der Waals surface area contributed by atoms with E-state index in [9.17, 15) is 8.42 Å². The highest BCUT2D eigenvalue weighted by Crippen LogP contribution is 2.31. The lowest BCUT2D eigenvalue weighted by molar-refractivity contribution is 0.196. The highest BCUT2D eigenvalue weighted by Gasteiger charge is 2.20. The molecule has 0 aliphatic rings. The molecule has 0 unspecified atom stereocenters. The van der Waals surface area contributed by atoms with Crippen molar-refractivity contribution in [2.24, 2.45) is 0 Å². The minimum atomic E-state index is -3.45. The molecule has 2 N–H and O–H groups in total. The summed E-state index contributed by atoms with van der Waals surface area (Å²) in [6.07, 6.45) is 1.71. The molecule has 8 heteroatoms. The van der Waals surface area contributed by atoms with Gasteiger partial charge in [0.2, 0.25) is 10.0 Å². The monoisotopic (exact) mass is 384 g/mol. The van der Waals surface area contributed by atoms with Crippen molar-refractivity contribution in [3.05, 3.63) is 14.7 Å². The van der Waals surface area contributed by atoms with Gasteiger partial charge in [0.25, 0.3) is 0 Å². The molecule has 0 amide bonds. The Bertz CT molecular complexity index is 503. The molecule has 1 rings (SSSR count). The van der Waals surface area contributed by atoms with E-state index in [1.807, 2.05) is 0 Å². The number of ether oxygens (including phenoxy) is 1. The highest BCUT2D eigenvalue weighted by molar-refractivity contribution is 9.11. The van der Waals surface area contributed by atoms with Gasteiger partial charge in [-0.05, 0) is 41.4 Å². The van der Waals surface area contributed by atoms with Gasteiger partial charge in [-0.15, -0.1) is 11.3 Å². The Kier molecular flexibility index (Phi) is 8.23.